The van der Waals surface area contributed by atoms with Crippen LogP contribution in [0.4, 0.5) is 0 Å². The molecule has 1 rings (SSSR count). The van der Waals surface area contributed by atoms with Crippen LogP contribution in [0.1, 0.15) is 26.7 Å². The van der Waals surface area contributed by atoms with E-state index in [1.165, 1.54) is 0 Å². The minimum Gasteiger partial charge on any atom is -0.393 e. The van der Waals surface area contributed by atoms with E-state index in [2.05, 4.69) is 22.1 Å². The van der Waals surface area contributed by atoms with Crippen molar-refractivity contribution in [3.8, 4) is 0 Å². The topological polar surface area (TPSA) is 47.9 Å². The lowest BCUT2D eigenvalue weighted by molar-refractivity contribution is 0.161. The van der Waals surface area contributed by atoms with Gasteiger partial charge in [-0.05, 0) is 19.8 Å². The molecular formula is C10H22IN3O. The van der Waals surface area contributed by atoms with E-state index in [1.54, 1.807) is 0 Å². The molecule has 1 unspecified atom stereocenters. The number of aliphatic hydroxyl groups is 1. The molecule has 1 aliphatic heterocycles. The number of guanidine groups is 1. The summed E-state index contributed by atoms with van der Waals surface area (Å²) in [7, 11) is 0. The maximum atomic E-state index is 9.36. The molecule has 0 aromatic rings. The largest absolute Gasteiger partial charge is 0.393 e. The normalized spacial score (nSPS) is 17.0. The van der Waals surface area contributed by atoms with Gasteiger partial charge in [-0.1, -0.05) is 6.92 Å². The molecule has 4 nitrogen and oxygen atoms in total. The molecule has 0 amide bonds. The summed E-state index contributed by atoms with van der Waals surface area (Å²) in [5, 5.41) is 12.6. The summed E-state index contributed by atoms with van der Waals surface area (Å²) in [6, 6.07) is 0. The lowest BCUT2D eigenvalue weighted by Gasteiger charge is -2.19. The molecule has 0 spiro atoms. The van der Waals surface area contributed by atoms with Gasteiger partial charge in [0.15, 0.2) is 5.96 Å². The van der Waals surface area contributed by atoms with Gasteiger partial charge in [-0.2, -0.15) is 0 Å². The Morgan fingerprint density at radius 1 is 1.53 bits per heavy atom. The van der Waals surface area contributed by atoms with Crippen molar-refractivity contribution in [2.45, 2.75) is 32.8 Å². The first-order valence-corrected chi connectivity index (χ1v) is 5.49. The highest BCUT2D eigenvalue weighted by Crippen LogP contribution is 1.99. The van der Waals surface area contributed by atoms with Gasteiger partial charge in [0.1, 0.15) is 0 Å². The van der Waals surface area contributed by atoms with Crippen LogP contribution in [0.25, 0.3) is 0 Å². The van der Waals surface area contributed by atoms with E-state index in [0.717, 1.165) is 45.0 Å². The van der Waals surface area contributed by atoms with Crippen molar-refractivity contribution >= 4 is 29.9 Å². The molecule has 15 heavy (non-hydrogen) atoms. The van der Waals surface area contributed by atoms with Crippen molar-refractivity contribution in [1.82, 2.24) is 10.2 Å². The molecule has 1 atom stereocenters. The maximum Gasteiger partial charge on any atom is 0.194 e. The molecule has 0 aromatic heterocycles. The minimum absolute atomic E-state index is 0. The Hall–Kier alpha value is -0.0400. The molecule has 0 saturated carbocycles. The van der Waals surface area contributed by atoms with Crippen molar-refractivity contribution in [3.05, 3.63) is 0 Å². The van der Waals surface area contributed by atoms with Crippen LogP contribution in [0.5, 0.6) is 0 Å². The van der Waals surface area contributed by atoms with E-state index in [4.69, 9.17) is 0 Å². The second kappa shape index (κ2) is 8.15. The lowest BCUT2D eigenvalue weighted by Crippen LogP contribution is -2.39. The average molecular weight is 327 g/mol. The predicted molar refractivity (Wildman–Crippen MR) is 73.9 cm³/mol. The molecule has 5 heteroatoms. The molecule has 0 bridgehead atoms. The summed E-state index contributed by atoms with van der Waals surface area (Å²) >= 11 is 0. The summed E-state index contributed by atoms with van der Waals surface area (Å²) in [6.07, 6.45) is 1.44. The number of hydrogen-bond acceptors (Lipinski definition) is 4. The Labute approximate surface area is 109 Å². The van der Waals surface area contributed by atoms with Crippen LogP contribution in [-0.2, 0) is 0 Å². The van der Waals surface area contributed by atoms with Crippen molar-refractivity contribution in [2.24, 2.45) is 4.99 Å². The first-order chi connectivity index (χ1) is 6.77. The number of nitrogens with one attached hydrogen (secondary N) is 1. The number of aliphatic hydroxyl groups excluding tert-OH is 1. The molecule has 1 aliphatic rings. The third-order valence-corrected chi connectivity index (χ3v) is 2.54. The van der Waals surface area contributed by atoms with E-state index in [1.807, 2.05) is 6.92 Å². The standard InChI is InChI=1S/C10H21N3O.HI/c1-3-9(14)5-6-11-10-12-7-8-13(10)4-2;/h9,14H,3-8H2,1-2H3,(H,11,12);1H. The molecule has 90 valence electrons. The van der Waals surface area contributed by atoms with Crippen LogP contribution < -0.4 is 5.32 Å². The Bertz CT molecular complexity index is 199. The number of halogens is 1. The summed E-state index contributed by atoms with van der Waals surface area (Å²) in [5.41, 5.74) is 0. The maximum absolute atomic E-state index is 9.36. The second-order valence-corrected chi connectivity index (χ2v) is 3.56. The van der Waals surface area contributed by atoms with Gasteiger partial charge in [0.2, 0.25) is 0 Å². The van der Waals surface area contributed by atoms with Crippen molar-refractivity contribution in [1.29, 1.82) is 0 Å². The van der Waals surface area contributed by atoms with Gasteiger partial charge >= 0.3 is 0 Å². The molecule has 0 aliphatic carbocycles. The van der Waals surface area contributed by atoms with Crippen molar-refractivity contribution in [2.75, 3.05) is 26.2 Å². The Balaban J connectivity index is 0.00000196. The SMILES string of the molecule is CCC(O)CCNC1=NCCN1CC.I. The van der Waals surface area contributed by atoms with E-state index in [-0.39, 0.29) is 30.1 Å². The highest BCUT2D eigenvalue weighted by Gasteiger charge is 2.13. The lowest BCUT2D eigenvalue weighted by atomic mass is 10.2. The number of aliphatic imine (C=N–C) groups is 1. The fraction of sp³-hybridized carbons (Fsp3) is 0.900. The molecular weight excluding hydrogens is 305 g/mol. The Kier molecular flexibility index (Phi) is 8.13. The second-order valence-electron chi connectivity index (χ2n) is 3.56. The third-order valence-electron chi connectivity index (χ3n) is 2.54. The summed E-state index contributed by atoms with van der Waals surface area (Å²) in [4.78, 5) is 6.58. The van der Waals surface area contributed by atoms with Gasteiger partial charge in [0.25, 0.3) is 0 Å². The van der Waals surface area contributed by atoms with Crippen LogP contribution in [0.15, 0.2) is 4.99 Å². The van der Waals surface area contributed by atoms with Gasteiger partial charge < -0.3 is 15.3 Å². The summed E-state index contributed by atoms with van der Waals surface area (Å²) in [6.45, 7) is 7.85. The summed E-state index contributed by atoms with van der Waals surface area (Å²) in [5.74, 6) is 0.996. The highest BCUT2D eigenvalue weighted by molar-refractivity contribution is 14.0. The number of hydrogen-bond donors (Lipinski definition) is 2. The molecule has 0 fully saturated rings. The fourth-order valence-electron chi connectivity index (χ4n) is 1.51. The fourth-order valence-corrected chi connectivity index (χ4v) is 1.51. The van der Waals surface area contributed by atoms with E-state index in [9.17, 15) is 5.11 Å². The zero-order valence-electron chi connectivity index (χ0n) is 9.57. The Morgan fingerprint density at radius 2 is 2.27 bits per heavy atom. The Morgan fingerprint density at radius 3 is 2.87 bits per heavy atom. The molecule has 2 N–H and O–H groups in total. The van der Waals surface area contributed by atoms with Gasteiger partial charge in [-0.25, -0.2) is 0 Å². The van der Waals surface area contributed by atoms with Crippen molar-refractivity contribution in [3.63, 3.8) is 0 Å². The third kappa shape index (κ3) is 5.01. The van der Waals surface area contributed by atoms with Crippen LogP contribution in [-0.4, -0.2) is 48.2 Å². The number of rotatable bonds is 5. The number of likely N-dealkylation sites (N-methyl/N-ethyl adjacent to an activating group) is 1. The van der Waals surface area contributed by atoms with E-state index < -0.39 is 0 Å². The monoisotopic (exact) mass is 327 g/mol. The highest BCUT2D eigenvalue weighted by atomic mass is 127. The van der Waals surface area contributed by atoms with Crippen molar-refractivity contribution < 1.29 is 5.11 Å². The number of nitrogens with zero attached hydrogens (tertiary/aromatic N) is 2. The minimum atomic E-state index is -0.181. The van der Waals surface area contributed by atoms with E-state index >= 15 is 0 Å². The first-order valence-electron chi connectivity index (χ1n) is 5.49. The summed E-state index contributed by atoms with van der Waals surface area (Å²) < 4.78 is 0. The van der Waals surface area contributed by atoms with E-state index in [0.29, 0.717) is 0 Å². The van der Waals surface area contributed by atoms with Gasteiger partial charge in [0.05, 0.1) is 12.6 Å². The van der Waals surface area contributed by atoms with Gasteiger partial charge in [0, 0.05) is 19.6 Å². The first kappa shape index (κ1) is 15.0. The average Bonchev–Trinajstić information content (AvgIpc) is 2.65. The molecule has 1 heterocycles. The molecule has 0 saturated heterocycles. The quantitative estimate of drug-likeness (QED) is 0.742. The van der Waals surface area contributed by atoms with Crippen LogP contribution in [0.3, 0.4) is 0 Å². The smallest absolute Gasteiger partial charge is 0.194 e. The zero-order valence-corrected chi connectivity index (χ0v) is 11.9. The van der Waals surface area contributed by atoms with Crippen LogP contribution in [0, 0.1) is 0 Å². The zero-order chi connectivity index (χ0) is 10.4. The van der Waals surface area contributed by atoms with Crippen LogP contribution >= 0.6 is 24.0 Å². The van der Waals surface area contributed by atoms with Gasteiger partial charge in [-0.15, -0.1) is 24.0 Å². The molecule has 0 radical (unpaired) electrons. The van der Waals surface area contributed by atoms with Gasteiger partial charge in [-0.3, -0.25) is 4.99 Å². The molecule has 0 aromatic carbocycles. The van der Waals surface area contributed by atoms with Crippen LogP contribution in [0.2, 0.25) is 0 Å². The predicted octanol–water partition coefficient (Wildman–Crippen LogP) is 1.05.